The van der Waals surface area contributed by atoms with Crippen LogP contribution in [0.2, 0.25) is 0 Å². The predicted octanol–water partition coefficient (Wildman–Crippen LogP) is 1.63. The summed E-state index contributed by atoms with van der Waals surface area (Å²) in [6, 6.07) is 0.544. The summed E-state index contributed by atoms with van der Waals surface area (Å²) in [6.07, 6.45) is 5.87. The van der Waals surface area contributed by atoms with Crippen molar-refractivity contribution in [3.8, 4) is 0 Å². The molecule has 3 nitrogen and oxygen atoms in total. The molecule has 4 heteroatoms. The van der Waals surface area contributed by atoms with E-state index in [1.165, 1.54) is 19.3 Å². The van der Waals surface area contributed by atoms with E-state index in [2.05, 4.69) is 30.7 Å². The van der Waals surface area contributed by atoms with Crippen LogP contribution in [0.15, 0.2) is 0 Å². The molecule has 0 aromatic heterocycles. The minimum atomic E-state index is 0.126. The molecule has 0 radical (unpaired) electrons. The molecule has 1 aliphatic carbocycles. The van der Waals surface area contributed by atoms with Gasteiger partial charge in [0.2, 0.25) is 5.91 Å². The van der Waals surface area contributed by atoms with E-state index >= 15 is 0 Å². The second kappa shape index (κ2) is 7.17. The van der Waals surface area contributed by atoms with E-state index in [1.54, 1.807) is 0 Å². The first-order valence-corrected chi connectivity index (χ1v) is 7.43. The van der Waals surface area contributed by atoms with Crippen LogP contribution in [0.1, 0.15) is 33.1 Å². The molecule has 0 spiro atoms. The first kappa shape index (κ1) is 13.8. The minimum absolute atomic E-state index is 0.126. The van der Waals surface area contributed by atoms with Gasteiger partial charge in [0, 0.05) is 17.8 Å². The third-order valence-electron chi connectivity index (χ3n) is 2.98. The average molecular weight is 244 g/mol. The molecule has 94 valence electrons. The summed E-state index contributed by atoms with van der Waals surface area (Å²) in [5.41, 5.74) is 0. The quantitative estimate of drug-likeness (QED) is 0.746. The molecule has 2 N–H and O–H groups in total. The van der Waals surface area contributed by atoms with Gasteiger partial charge in [-0.1, -0.05) is 13.8 Å². The molecule has 0 heterocycles. The Labute approximate surface area is 103 Å². The summed E-state index contributed by atoms with van der Waals surface area (Å²) < 4.78 is 0. The average Bonchev–Trinajstić information content (AvgIpc) is 2.71. The number of hydrogen-bond acceptors (Lipinski definition) is 3. The van der Waals surface area contributed by atoms with Crippen LogP contribution in [0.25, 0.3) is 0 Å². The summed E-state index contributed by atoms with van der Waals surface area (Å²) >= 11 is 1.94. The summed E-state index contributed by atoms with van der Waals surface area (Å²) in [7, 11) is 0. The summed E-state index contributed by atoms with van der Waals surface area (Å²) in [6.45, 7) is 5.46. The Morgan fingerprint density at radius 3 is 2.75 bits per heavy atom. The van der Waals surface area contributed by atoms with Crippen molar-refractivity contribution in [3.63, 3.8) is 0 Å². The smallest absolute Gasteiger partial charge is 0.233 e. The second-order valence-electron chi connectivity index (χ2n) is 4.95. The van der Waals surface area contributed by atoms with E-state index in [9.17, 15) is 4.79 Å². The van der Waals surface area contributed by atoms with Gasteiger partial charge in [0.25, 0.3) is 0 Å². The van der Waals surface area contributed by atoms with Crippen molar-refractivity contribution in [2.75, 3.05) is 19.3 Å². The molecular formula is C12H24N2OS. The van der Waals surface area contributed by atoms with E-state index in [0.29, 0.717) is 18.5 Å². The molecule has 2 atom stereocenters. The molecule has 1 fully saturated rings. The Morgan fingerprint density at radius 1 is 1.44 bits per heavy atom. The highest BCUT2D eigenvalue weighted by atomic mass is 32.2. The number of thioether (sulfide) groups is 1. The van der Waals surface area contributed by atoms with Crippen molar-refractivity contribution in [2.24, 2.45) is 5.92 Å². The molecule has 0 saturated heterocycles. The van der Waals surface area contributed by atoms with Crippen LogP contribution in [-0.4, -0.2) is 36.5 Å². The second-order valence-corrected chi connectivity index (χ2v) is 6.08. The summed E-state index contributed by atoms with van der Waals surface area (Å²) in [5.74, 6) is 0.651. The first-order valence-electron chi connectivity index (χ1n) is 6.14. The van der Waals surface area contributed by atoms with Crippen molar-refractivity contribution < 1.29 is 4.79 Å². The fourth-order valence-corrected chi connectivity index (χ4v) is 2.75. The lowest BCUT2D eigenvalue weighted by Crippen LogP contribution is -2.39. The van der Waals surface area contributed by atoms with Crippen molar-refractivity contribution >= 4 is 17.7 Å². The number of rotatable bonds is 6. The lowest BCUT2D eigenvalue weighted by atomic mass is 10.2. The highest BCUT2D eigenvalue weighted by Crippen LogP contribution is 2.27. The fourth-order valence-electron chi connectivity index (χ4n) is 1.96. The Morgan fingerprint density at radius 2 is 2.19 bits per heavy atom. The zero-order valence-corrected chi connectivity index (χ0v) is 11.4. The van der Waals surface area contributed by atoms with Crippen LogP contribution in [0.4, 0.5) is 0 Å². The zero-order chi connectivity index (χ0) is 12.0. The van der Waals surface area contributed by atoms with E-state index in [4.69, 9.17) is 0 Å². The largest absolute Gasteiger partial charge is 0.355 e. The van der Waals surface area contributed by atoms with Crippen LogP contribution in [-0.2, 0) is 4.79 Å². The molecular weight excluding hydrogens is 220 g/mol. The topological polar surface area (TPSA) is 41.1 Å². The SMILES string of the molecule is CSC1CCC(NCC(=O)NCC(C)C)C1. The lowest BCUT2D eigenvalue weighted by molar-refractivity contribution is -0.120. The van der Waals surface area contributed by atoms with Crippen molar-refractivity contribution in [2.45, 2.75) is 44.4 Å². The summed E-state index contributed by atoms with van der Waals surface area (Å²) in [4.78, 5) is 11.5. The van der Waals surface area contributed by atoms with Gasteiger partial charge in [-0.2, -0.15) is 11.8 Å². The fraction of sp³-hybridized carbons (Fsp3) is 0.917. The van der Waals surface area contributed by atoms with E-state index in [-0.39, 0.29) is 5.91 Å². The predicted molar refractivity (Wildman–Crippen MR) is 70.8 cm³/mol. The number of hydrogen-bond donors (Lipinski definition) is 2. The van der Waals surface area contributed by atoms with Crippen molar-refractivity contribution in [1.29, 1.82) is 0 Å². The minimum Gasteiger partial charge on any atom is -0.355 e. The molecule has 0 bridgehead atoms. The molecule has 1 amide bonds. The Kier molecular flexibility index (Phi) is 6.21. The maximum absolute atomic E-state index is 11.5. The molecule has 0 aromatic rings. The van der Waals surface area contributed by atoms with Gasteiger partial charge in [0.05, 0.1) is 6.54 Å². The van der Waals surface area contributed by atoms with Crippen molar-refractivity contribution in [1.82, 2.24) is 10.6 Å². The van der Waals surface area contributed by atoms with Gasteiger partial charge in [0.1, 0.15) is 0 Å². The van der Waals surface area contributed by atoms with E-state index < -0.39 is 0 Å². The normalized spacial score (nSPS) is 25.0. The van der Waals surface area contributed by atoms with Gasteiger partial charge in [-0.05, 0) is 31.4 Å². The monoisotopic (exact) mass is 244 g/mol. The molecule has 1 saturated carbocycles. The Hall–Kier alpha value is -0.220. The molecule has 0 aromatic carbocycles. The lowest BCUT2D eigenvalue weighted by Gasteiger charge is -2.13. The number of carbonyl (C=O) groups is 1. The van der Waals surface area contributed by atoms with Crippen LogP contribution in [0.5, 0.6) is 0 Å². The molecule has 2 unspecified atom stereocenters. The van der Waals surface area contributed by atoms with Crippen LogP contribution in [0.3, 0.4) is 0 Å². The first-order chi connectivity index (χ1) is 7.61. The Bertz CT molecular complexity index is 221. The zero-order valence-electron chi connectivity index (χ0n) is 10.6. The maximum atomic E-state index is 11.5. The van der Waals surface area contributed by atoms with Crippen molar-refractivity contribution in [3.05, 3.63) is 0 Å². The highest BCUT2D eigenvalue weighted by Gasteiger charge is 2.23. The highest BCUT2D eigenvalue weighted by molar-refractivity contribution is 7.99. The van der Waals surface area contributed by atoms with Gasteiger partial charge in [0.15, 0.2) is 0 Å². The Balaban J connectivity index is 2.08. The van der Waals surface area contributed by atoms with Crippen LogP contribution >= 0.6 is 11.8 Å². The summed E-state index contributed by atoms with van der Waals surface area (Å²) in [5, 5.41) is 7.06. The number of amides is 1. The van der Waals surface area contributed by atoms with Gasteiger partial charge < -0.3 is 10.6 Å². The third kappa shape index (κ3) is 5.21. The van der Waals surface area contributed by atoms with Gasteiger partial charge in [-0.25, -0.2) is 0 Å². The number of nitrogens with one attached hydrogen (secondary N) is 2. The number of carbonyl (C=O) groups excluding carboxylic acids is 1. The molecule has 1 rings (SSSR count). The molecule has 16 heavy (non-hydrogen) atoms. The van der Waals surface area contributed by atoms with Gasteiger partial charge >= 0.3 is 0 Å². The van der Waals surface area contributed by atoms with Crippen LogP contribution < -0.4 is 10.6 Å². The van der Waals surface area contributed by atoms with E-state index in [0.717, 1.165) is 11.8 Å². The molecule has 1 aliphatic rings. The van der Waals surface area contributed by atoms with Gasteiger partial charge in [-0.15, -0.1) is 0 Å². The molecule has 0 aliphatic heterocycles. The van der Waals surface area contributed by atoms with Crippen LogP contribution in [0, 0.1) is 5.92 Å². The standard InChI is InChI=1S/C12H24N2OS/c1-9(2)7-14-12(15)8-13-10-4-5-11(6-10)16-3/h9-11,13H,4-8H2,1-3H3,(H,14,15). The van der Waals surface area contributed by atoms with Gasteiger partial charge in [-0.3, -0.25) is 4.79 Å². The third-order valence-corrected chi connectivity index (χ3v) is 4.07. The van der Waals surface area contributed by atoms with E-state index in [1.807, 2.05) is 11.8 Å². The maximum Gasteiger partial charge on any atom is 0.233 e.